The average molecular weight is 685 g/mol. The van der Waals surface area contributed by atoms with Crippen LogP contribution >= 0.6 is 0 Å². The Morgan fingerprint density at radius 2 is 0.759 bits per heavy atom. The molecule has 9 aromatic carbocycles. The maximum absolute atomic E-state index is 2.43. The van der Waals surface area contributed by atoms with Gasteiger partial charge in [0.25, 0.3) is 0 Å². The van der Waals surface area contributed by atoms with E-state index >= 15 is 0 Å². The third kappa shape index (κ3) is 4.17. The quantitative estimate of drug-likeness (QED) is 0.175. The summed E-state index contributed by atoms with van der Waals surface area (Å²) < 4.78 is 4.81. The molecule has 0 fully saturated rings. The molecular weight excluding hydrogens is 653 g/mol. The Bertz CT molecular complexity index is 3320. The summed E-state index contributed by atoms with van der Waals surface area (Å²) >= 11 is 0. The highest BCUT2D eigenvalue weighted by Crippen LogP contribution is 2.48. The average Bonchev–Trinajstić information content (AvgIpc) is 3.87. The summed E-state index contributed by atoms with van der Waals surface area (Å²) in [6.07, 6.45) is 0. The summed E-state index contributed by atoms with van der Waals surface area (Å²) in [6, 6.07) is 71.5. The van der Waals surface area contributed by atoms with Crippen LogP contribution in [0.1, 0.15) is 0 Å². The first-order valence-electron chi connectivity index (χ1n) is 18.7. The van der Waals surface area contributed by atoms with Crippen molar-refractivity contribution < 1.29 is 0 Å². The maximum atomic E-state index is 2.43. The molecule has 0 atom stereocenters. The molecule has 1 aliphatic rings. The molecule has 0 amide bonds. The van der Waals surface area contributed by atoms with Crippen molar-refractivity contribution in [2.45, 2.75) is 0 Å². The van der Waals surface area contributed by atoms with E-state index in [1.54, 1.807) is 0 Å². The lowest BCUT2D eigenvalue weighted by atomic mass is 9.97. The molecule has 2 heterocycles. The van der Waals surface area contributed by atoms with Crippen molar-refractivity contribution in [1.82, 2.24) is 9.13 Å². The van der Waals surface area contributed by atoms with Crippen molar-refractivity contribution in [3.63, 3.8) is 0 Å². The Kier molecular flexibility index (Phi) is 6.09. The van der Waals surface area contributed by atoms with E-state index in [4.69, 9.17) is 0 Å². The summed E-state index contributed by atoms with van der Waals surface area (Å²) in [5, 5.41) is 7.70. The van der Waals surface area contributed by atoms with Gasteiger partial charge < -0.3 is 9.13 Å². The Morgan fingerprint density at radius 1 is 0.259 bits per heavy atom. The zero-order valence-electron chi connectivity index (χ0n) is 29.4. The van der Waals surface area contributed by atoms with Crippen LogP contribution in [0.5, 0.6) is 0 Å². The van der Waals surface area contributed by atoms with E-state index in [1.807, 2.05) is 0 Å². The van der Waals surface area contributed by atoms with Crippen LogP contribution in [0.15, 0.2) is 194 Å². The number of rotatable bonds is 4. The van der Waals surface area contributed by atoms with E-state index in [2.05, 4.69) is 203 Å². The number of aromatic nitrogens is 2. The van der Waals surface area contributed by atoms with E-state index in [9.17, 15) is 0 Å². The van der Waals surface area contributed by atoms with Gasteiger partial charge in [0.05, 0.1) is 22.1 Å². The fourth-order valence-corrected chi connectivity index (χ4v) is 9.23. The molecule has 11 aromatic rings. The second kappa shape index (κ2) is 11.2. The molecule has 0 bridgehead atoms. The van der Waals surface area contributed by atoms with Gasteiger partial charge >= 0.3 is 0 Å². The van der Waals surface area contributed by atoms with Gasteiger partial charge in [-0.1, -0.05) is 127 Å². The van der Waals surface area contributed by atoms with Gasteiger partial charge in [0.2, 0.25) is 0 Å². The summed E-state index contributed by atoms with van der Waals surface area (Å²) in [5.41, 5.74) is 17.4. The van der Waals surface area contributed by atoms with E-state index in [0.717, 1.165) is 5.69 Å². The second-order valence-electron chi connectivity index (χ2n) is 14.5. The SMILES string of the molecule is c1ccc(-n2c3ccccc3c3cc(-c4ccc5c(c4)c4ccccc4n5-c4cccc(-c5ccc6c(c5)-c5cccc7cccc-6c57)c4)ccc32)cc1. The predicted octanol–water partition coefficient (Wildman–Crippen LogP) is 14.0. The Labute approximate surface area is 312 Å². The Balaban J connectivity index is 0.985. The number of hydrogen-bond acceptors (Lipinski definition) is 0. The second-order valence-corrected chi connectivity index (χ2v) is 14.5. The summed E-state index contributed by atoms with van der Waals surface area (Å²) in [4.78, 5) is 0. The van der Waals surface area contributed by atoms with Crippen LogP contribution in [-0.4, -0.2) is 9.13 Å². The van der Waals surface area contributed by atoms with Gasteiger partial charge in [-0.3, -0.25) is 0 Å². The molecule has 1 aliphatic carbocycles. The van der Waals surface area contributed by atoms with Crippen molar-refractivity contribution in [2.24, 2.45) is 0 Å². The van der Waals surface area contributed by atoms with Crippen LogP contribution < -0.4 is 0 Å². The number of nitrogens with zero attached hydrogens (tertiary/aromatic N) is 2. The van der Waals surface area contributed by atoms with E-state index in [-0.39, 0.29) is 0 Å². The number of fused-ring (bicyclic) bond motifs is 9. The van der Waals surface area contributed by atoms with Crippen LogP contribution in [0.25, 0.3) is 110 Å². The van der Waals surface area contributed by atoms with Gasteiger partial charge in [0.1, 0.15) is 0 Å². The molecule has 12 rings (SSSR count). The van der Waals surface area contributed by atoms with Crippen LogP contribution in [0.2, 0.25) is 0 Å². The molecule has 0 spiro atoms. The van der Waals surface area contributed by atoms with Gasteiger partial charge in [0.15, 0.2) is 0 Å². The number of para-hydroxylation sites is 3. The van der Waals surface area contributed by atoms with Gasteiger partial charge in [-0.25, -0.2) is 0 Å². The minimum absolute atomic E-state index is 1.16. The van der Waals surface area contributed by atoms with E-state index in [1.165, 1.54) is 105 Å². The highest BCUT2D eigenvalue weighted by atomic mass is 15.0. The van der Waals surface area contributed by atoms with Crippen molar-refractivity contribution in [1.29, 1.82) is 0 Å². The van der Waals surface area contributed by atoms with Crippen molar-refractivity contribution in [3.05, 3.63) is 194 Å². The summed E-state index contributed by atoms with van der Waals surface area (Å²) in [7, 11) is 0. The molecule has 0 radical (unpaired) electrons. The first-order valence-corrected chi connectivity index (χ1v) is 18.7. The molecule has 2 heteroatoms. The molecular formula is C52H32N2. The molecule has 0 aliphatic heterocycles. The first-order chi connectivity index (χ1) is 26.8. The lowest BCUT2D eigenvalue weighted by Gasteiger charge is -2.12. The molecule has 2 nitrogen and oxygen atoms in total. The molecule has 0 saturated carbocycles. The van der Waals surface area contributed by atoms with Gasteiger partial charge in [-0.05, 0) is 122 Å². The Hall–Kier alpha value is -7.16. The maximum Gasteiger partial charge on any atom is 0.0541 e. The van der Waals surface area contributed by atoms with Crippen molar-refractivity contribution in [3.8, 4) is 55.9 Å². The monoisotopic (exact) mass is 684 g/mol. The largest absolute Gasteiger partial charge is 0.309 e. The predicted molar refractivity (Wildman–Crippen MR) is 228 cm³/mol. The van der Waals surface area contributed by atoms with E-state index < -0.39 is 0 Å². The first kappa shape index (κ1) is 29.4. The lowest BCUT2D eigenvalue weighted by molar-refractivity contribution is 1.18. The van der Waals surface area contributed by atoms with E-state index in [0.29, 0.717) is 0 Å². The molecule has 0 saturated heterocycles. The summed E-state index contributed by atoms with van der Waals surface area (Å²) in [5.74, 6) is 0. The fourth-order valence-electron chi connectivity index (χ4n) is 9.23. The van der Waals surface area contributed by atoms with Gasteiger partial charge in [0, 0.05) is 32.9 Å². The standard InChI is InChI=1S/C52H32N2/c1-2-14-38(15-3-1)53-48-21-6-4-17-41(48)46-31-36(24-27-50(46)53)37-25-28-51-47(32-37)42-18-5-7-22-49(42)54(51)39-16-8-13-34(29-39)35-23-26-40-43-19-9-11-33-12-10-20-44(52(33)43)45(40)30-35/h1-32H. The zero-order chi connectivity index (χ0) is 35.3. The third-order valence-corrected chi connectivity index (χ3v) is 11.6. The molecule has 0 N–H and O–H groups in total. The highest BCUT2D eigenvalue weighted by molar-refractivity contribution is 6.16. The number of hydrogen-bond donors (Lipinski definition) is 0. The van der Waals surface area contributed by atoms with Gasteiger partial charge in [-0.15, -0.1) is 0 Å². The van der Waals surface area contributed by atoms with Crippen LogP contribution in [0.4, 0.5) is 0 Å². The van der Waals surface area contributed by atoms with Gasteiger partial charge in [-0.2, -0.15) is 0 Å². The van der Waals surface area contributed by atoms with Crippen LogP contribution in [-0.2, 0) is 0 Å². The minimum Gasteiger partial charge on any atom is -0.309 e. The minimum atomic E-state index is 1.16. The van der Waals surface area contributed by atoms with Crippen LogP contribution in [0, 0.1) is 0 Å². The molecule has 0 unspecified atom stereocenters. The highest BCUT2D eigenvalue weighted by Gasteiger charge is 2.22. The molecule has 2 aromatic heterocycles. The van der Waals surface area contributed by atoms with Crippen molar-refractivity contribution >= 4 is 54.4 Å². The lowest BCUT2D eigenvalue weighted by Crippen LogP contribution is -1.94. The van der Waals surface area contributed by atoms with Crippen LogP contribution in [0.3, 0.4) is 0 Å². The fraction of sp³-hybridized carbons (Fsp3) is 0. The normalized spacial score (nSPS) is 12.1. The van der Waals surface area contributed by atoms with Crippen molar-refractivity contribution in [2.75, 3.05) is 0 Å². The topological polar surface area (TPSA) is 9.86 Å². The third-order valence-electron chi connectivity index (χ3n) is 11.6. The smallest absolute Gasteiger partial charge is 0.0541 e. The Morgan fingerprint density at radius 3 is 1.44 bits per heavy atom. The summed E-state index contributed by atoms with van der Waals surface area (Å²) in [6.45, 7) is 0. The molecule has 250 valence electrons. The zero-order valence-corrected chi connectivity index (χ0v) is 29.4. The number of benzene rings is 9. The molecule has 54 heavy (non-hydrogen) atoms.